The topological polar surface area (TPSA) is 78.5 Å². The standard InChI is InChI=1S/C23H18ClN3O3S/c1-31-16-10-11-18(24)17(12-16)22(29)25-15-8-6-14(7-9-15)23(30)27-13-21(28)26-19-4-2-3-5-20(19)27/h2-12H,13H2,1H3,(H,25,29)(H,26,28). The van der Waals surface area contributed by atoms with E-state index >= 15 is 0 Å². The number of para-hydroxylation sites is 2. The zero-order valence-electron chi connectivity index (χ0n) is 16.5. The number of benzene rings is 3. The molecule has 0 saturated carbocycles. The smallest absolute Gasteiger partial charge is 0.258 e. The molecule has 0 radical (unpaired) electrons. The Morgan fingerprint density at radius 3 is 2.55 bits per heavy atom. The van der Waals surface area contributed by atoms with Gasteiger partial charge >= 0.3 is 0 Å². The summed E-state index contributed by atoms with van der Waals surface area (Å²) in [5, 5.41) is 5.92. The van der Waals surface area contributed by atoms with E-state index in [-0.39, 0.29) is 24.3 Å². The molecule has 6 nitrogen and oxygen atoms in total. The maximum absolute atomic E-state index is 13.0. The number of nitrogens with one attached hydrogen (secondary N) is 2. The molecule has 4 rings (SSSR count). The highest BCUT2D eigenvalue weighted by Gasteiger charge is 2.27. The molecule has 8 heteroatoms. The second kappa shape index (κ2) is 8.83. The molecule has 0 unspecified atom stereocenters. The molecule has 0 aromatic heterocycles. The first-order valence-corrected chi connectivity index (χ1v) is 11.0. The number of thioether (sulfide) groups is 1. The van der Waals surface area contributed by atoms with Crippen LogP contribution in [0.25, 0.3) is 0 Å². The number of amides is 3. The van der Waals surface area contributed by atoms with Crippen LogP contribution in [0, 0.1) is 0 Å². The molecule has 0 atom stereocenters. The number of rotatable bonds is 4. The van der Waals surface area contributed by atoms with Crippen LogP contribution < -0.4 is 15.5 Å². The minimum Gasteiger partial charge on any atom is -0.323 e. The molecule has 0 spiro atoms. The van der Waals surface area contributed by atoms with Crippen LogP contribution in [-0.2, 0) is 4.79 Å². The summed E-state index contributed by atoms with van der Waals surface area (Å²) in [7, 11) is 0. The van der Waals surface area contributed by atoms with Gasteiger partial charge in [-0.15, -0.1) is 11.8 Å². The van der Waals surface area contributed by atoms with Crippen LogP contribution in [0.1, 0.15) is 20.7 Å². The van der Waals surface area contributed by atoms with Gasteiger partial charge in [0.1, 0.15) is 6.54 Å². The van der Waals surface area contributed by atoms with Gasteiger partial charge in [-0.1, -0.05) is 23.7 Å². The van der Waals surface area contributed by atoms with E-state index in [0.29, 0.717) is 33.2 Å². The lowest BCUT2D eigenvalue weighted by molar-refractivity contribution is -0.115. The van der Waals surface area contributed by atoms with Crippen molar-refractivity contribution in [2.75, 3.05) is 28.3 Å². The summed E-state index contributed by atoms with van der Waals surface area (Å²) >= 11 is 7.69. The lowest BCUT2D eigenvalue weighted by Crippen LogP contribution is -2.42. The van der Waals surface area contributed by atoms with Gasteiger partial charge in [0.15, 0.2) is 0 Å². The van der Waals surface area contributed by atoms with Crippen LogP contribution in [0.3, 0.4) is 0 Å². The SMILES string of the molecule is CSc1ccc(Cl)c(C(=O)Nc2ccc(C(=O)N3CC(=O)Nc4ccccc43)cc2)c1. The highest BCUT2D eigenvalue weighted by atomic mass is 35.5. The van der Waals surface area contributed by atoms with Crippen molar-refractivity contribution in [3.63, 3.8) is 0 Å². The Labute approximate surface area is 188 Å². The van der Waals surface area contributed by atoms with E-state index < -0.39 is 0 Å². The van der Waals surface area contributed by atoms with E-state index in [0.717, 1.165) is 4.90 Å². The van der Waals surface area contributed by atoms with Gasteiger partial charge in [0.2, 0.25) is 5.91 Å². The van der Waals surface area contributed by atoms with Crippen LogP contribution in [0.5, 0.6) is 0 Å². The Morgan fingerprint density at radius 2 is 1.81 bits per heavy atom. The largest absolute Gasteiger partial charge is 0.323 e. The van der Waals surface area contributed by atoms with Crippen molar-refractivity contribution in [3.8, 4) is 0 Å². The van der Waals surface area contributed by atoms with Crippen LogP contribution in [0.4, 0.5) is 17.1 Å². The number of carbonyl (C=O) groups excluding carboxylic acids is 3. The van der Waals surface area contributed by atoms with Crippen molar-refractivity contribution >= 4 is 58.1 Å². The Bertz CT molecular complexity index is 1180. The lowest BCUT2D eigenvalue weighted by atomic mass is 10.1. The summed E-state index contributed by atoms with van der Waals surface area (Å²) in [5.74, 6) is -0.877. The first-order valence-electron chi connectivity index (χ1n) is 9.42. The number of hydrogen-bond donors (Lipinski definition) is 2. The Morgan fingerprint density at radius 1 is 1.06 bits per heavy atom. The van der Waals surface area contributed by atoms with Crippen molar-refractivity contribution in [1.82, 2.24) is 0 Å². The quantitative estimate of drug-likeness (QED) is 0.552. The van der Waals surface area contributed by atoms with Gasteiger partial charge in [-0.05, 0) is 60.9 Å². The van der Waals surface area contributed by atoms with Gasteiger partial charge < -0.3 is 10.6 Å². The molecular formula is C23H18ClN3O3S. The van der Waals surface area contributed by atoms with Gasteiger partial charge in [-0.3, -0.25) is 19.3 Å². The fourth-order valence-corrected chi connectivity index (χ4v) is 3.91. The minimum atomic E-state index is -0.332. The van der Waals surface area contributed by atoms with Crippen molar-refractivity contribution in [2.24, 2.45) is 0 Å². The van der Waals surface area contributed by atoms with E-state index in [4.69, 9.17) is 11.6 Å². The van der Waals surface area contributed by atoms with Crippen molar-refractivity contribution in [2.45, 2.75) is 4.90 Å². The third-order valence-corrected chi connectivity index (χ3v) is 5.88. The van der Waals surface area contributed by atoms with E-state index in [1.54, 1.807) is 54.6 Å². The van der Waals surface area contributed by atoms with Gasteiger partial charge in [-0.2, -0.15) is 0 Å². The summed E-state index contributed by atoms with van der Waals surface area (Å²) in [6.07, 6.45) is 1.92. The molecule has 156 valence electrons. The molecule has 3 amide bonds. The van der Waals surface area contributed by atoms with Crippen LogP contribution in [0.15, 0.2) is 71.6 Å². The molecule has 2 N–H and O–H groups in total. The normalized spacial score (nSPS) is 12.7. The summed E-state index contributed by atoms with van der Waals surface area (Å²) in [4.78, 5) is 40.0. The maximum Gasteiger partial charge on any atom is 0.258 e. The molecule has 0 aliphatic carbocycles. The third-order valence-electron chi connectivity index (χ3n) is 4.82. The number of hydrogen-bond acceptors (Lipinski definition) is 4. The highest BCUT2D eigenvalue weighted by Crippen LogP contribution is 2.30. The molecule has 3 aromatic carbocycles. The number of fused-ring (bicyclic) bond motifs is 1. The molecule has 0 bridgehead atoms. The van der Waals surface area contributed by atoms with Gasteiger partial charge in [0.25, 0.3) is 11.8 Å². The first kappa shape index (κ1) is 21.0. The number of halogens is 1. The maximum atomic E-state index is 13.0. The molecular weight excluding hydrogens is 434 g/mol. The summed E-state index contributed by atoms with van der Waals surface area (Å²) in [6.45, 7) is -0.0569. The summed E-state index contributed by atoms with van der Waals surface area (Å²) < 4.78 is 0. The fraction of sp³-hybridized carbons (Fsp3) is 0.0870. The molecule has 31 heavy (non-hydrogen) atoms. The van der Waals surface area contributed by atoms with Crippen molar-refractivity contribution in [3.05, 3.63) is 82.9 Å². The molecule has 0 fully saturated rings. The predicted octanol–water partition coefficient (Wildman–Crippen LogP) is 4.91. The molecule has 3 aromatic rings. The Balaban J connectivity index is 1.52. The molecule has 0 saturated heterocycles. The third kappa shape index (κ3) is 4.42. The van der Waals surface area contributed by atoms with Crippen LogP contribution in [0.2, 0.25) is 5.02 Å². The average molecular weight is 452 g/mol. The number of anilines is 3. The van der Waals surface area contributed by atoms with Crippen LogP contribution in [-0.4, -0.2) is 30.5 Å². The minimum absolute atomic E-state index is 0.0569. The summed E-state index contributed by atoms with van der Waals surface area (Å²) in [5.41, 5.74) is 2.56. The van der Waals surface area contributed by atoms with E-state index in [9.17, 15) is 14.4 Å². The van der Waals surface area contributed by atoms with E-state index in [2.05, 4.69) is 10.6 Å². The predicted molar refractivity (Wildman–Crippen MR) is 124 cm³/mol. The van der Waals surface area contributed by atoms with Gasteiger partial charge in [-0.25, -0.2) is 0 Å². The summed E-state index contributed by atoms with van der Waals surface area (Å²) in [6, 6.07) is 19.0. The van der Waals surface area contributed by atoms with Gasteiger partial charge in [0, 0.05) is 16.1 Å². The second-order valence-electron chi connectivity index (χ2n) is 6.83. The zero-order valence-corrected chi connectivity index (χ0v) is 18.1. The fourth-order valence-electron chi connectivity index (χ4n) is 3.27. The monoisotopic (exact) mass is 451 g/mol. The first-order chi connectivity index (χ1) is 15.0. The van der Waals surface area contributed by atoms with Crippen molar-refractivity contribution < 1.29 is 14.4 Å². The lowest BCUT2D eigenvalue weighted by Gasteiger charge is -2.29. The Hall–Kier alpha value is -3.29. The van der Waals surface area contributed by atoms with E-state index in [1.165, 1.54) is 16.7 Å². The zero-order chi connectivity index (χ0) is 22.0. The van der Waals surface area contributed by atoms with E-state index in [1.807, 2.05) is 18.4 Å². The Kier molecular flexibility index (Phi) is 5.97. The molecule has 1 aliphatic heterocycles. The molecule has 1 heterocycles. The second-order valence-corrected chi connectivity index (χ2v) is 8.12. The number of nitrogens with zero attached hydrogens (tertiary/aromatic N) is 1. The van der Waals surface area contributed by atoms with Crippen LogP contribution >= 0.6 is 23.4 Å². The van der Waals surface area contributed by atoms with Crippen molar-refractivity contribution in [1.29, 1.82) is 0 Å². The highest BCUT2D eigenvalue weighted by molar-refractivity contribution is 7.98. The average Bonchev–Trinajstić information content (AvgIpc) is 2.78. The van der Waals surface area contributed by atoms with Gasteiger partial charge in [0.05, 0.1) is 22.0 Å². The number of carbonyl (C=O) groups is 3. The molecule has 1 aliphatic rings.